The van der Waals surface area contributed by atoms with Gasteiger partial charge in [0.15, 0.2) is 0 Å². The maximum atomic E-state index is 12.6. The van der Waals surface area contributed by atoms with Crippen LogP contribution in [0.5, 0.6) is 0 Å². The van der Waals surface area contributed by atoms with Gasteiger partial charge < -0.3 is 15.1 Å². The Labute approximate surface area is 140 Å². The van der Waals surface area contributed by atoms with Gasteiger partial charge in [0.25, 0.3) is 0 Å². The molecule has 1 aliphatic heterocycles. The summed E-state index contributed by atoms with van der Waals surface area (Å²) >= 11 is 12.1. The second-order valence-electron chi connectivity index (χ2n) is 5.19. The first-order valence-electron chi connectivity index (χ1n) is 7.26. The van der Waals surface area contributed by atoms with Gasteiger partial charge in [0.05, 0.1) is 10.7 Å². The van der Waals surface area contributed by atoms with Crippen LogP contribution < -0.4 is 10.2 Å². The molecule has 0 bridgehead atoms. The SMILES string of the molecule is CCCNC(=O)N1CCN(c2ccc(Cl)cc2Cl)C(=O)C1C. The molecule has 1 unspecified atom stereocenters. The molecule has 5 nitrogen and oxygen atoms in total. The average Bonchev–Trinajstić information content (AvgIpc) is 2.48. The largest absolute Gasteiger partial charge is 0.338 e. The van der Waals surface area contributed by atoms with E-state index in [4.69, 9.17) is 23.2 Å². The molecule has 1 N–H and O–H groups in total. The number of nitrogens with one attached hydrogen (secondary N) is 1. The number of nitrogens with zero attached hydrogens (tertiary/aromatic N) is 2. The zero-order valence-electron chi connectivity index (χ0n) is 12.6. The van der Waals surface area contributed by atoms with Gasteiger partial charge in [0.2, 0.25) is 5.91 Å². The second-order valence-corrected chi connectivity index (χ2v) is 6.03. The van der Waals surface area contributed by atoms with Crippen molar-refractivity contribution in [3.63, 3.8) is 0 Å². The monoisotopic (exact) mass is 343 g/mol. The molecule has 3 amide bonds. The highest BCUT2D eigenvalue weighted by atomic mass is 35.5. The average molecular weight is 344 g/mol. The lowest BCUT2D eigenvalue weighted by Gasteiger charge is -2.39. The molecule has 1 aromatic carbocycles. The lowest BCUT2D eigenvalue weighted by molar-refractivity contribution is -0.124. The van der Waals surface area contributed by atoms with Crippen molar-refractivity contribution in [1.82, 2.24) is 10.2 Å². The molecular weight excluding hydrogens is 325 g/mol. The molecule has 0 aliphatic carbocycles. The van der Waals surface area contributed by atoms with Crippen molar-refractivity contribution in [3.8, 4) is 0 Å². The number of piperazine rings is 1. The smallest absolute Gasteiger partial charge is 0.318 e. The van der Waals surface area contributed by atoms with E-state index in [1.807, 2.05) is 6.92 Å². The predicted molar refractivity (Wildman–Crippen MR) is 88.7 cm³/mol. The number of rotatable bonds is 3. The van der Waals surface area contributed by atoms with Gasteiger partial charge in [0.1, 0.15) is 6.04 Å². The lowest BCUT2D eigenvalue weighted by atomic mass is 10.1. The van der Waals surface area contributed by atoms with E-state index >= 15 is 0 Å². The number of urea groups is 1. The van der Waals surface area contributed by atoms with Crippen LogP contribution in [0.25, 0.3) is 0 Å². The van der Waals surface area contributed by atoms with Crippen molar-refractivity contribution in [3.05, 3.63) is 28.2 Å². The fourth-order valence-corrected chi connectivity index (χ4v) is 2.93. The predicted octanol–water partition coefficient (Wildman–Crippen LogP) is 3.15. The molecule has 1 atom stereocenters. The molecule has 7 heteroatoms. The van der Waals surface area contributed by atoms with E-state index in [0.717, 1.165) is 6.42 Å². The third-order valence-corrected chi connectivity index (χ3v) is 4.18. The molecule has 22 heavy (non-hydrogen) atoms. The molecule has 0 aromatic heterocycles. The first kappa shape index (κ1) is 16.9. The van der Waals surface area contributed by atoms with Crippen LogP contribution in [0.2, 0.25) is 10.0 Å². The standard InChI is InChI=1S/C15H19Cl2N3O2/c1-3-6-18-15(22)19-7-8-20(14(21)10(19)2)13-5-4-11(16)9-12(13)17/h4-5,9-10H,3,6-8H2,1-2H3,(H,18,22). The van der Waals surface area contributed by atoms with Crippen LogP contribution in [0.4, 0.5) is 10.5 Å². The maximum Gasteiger partial charge on any atom is 0.318 e. The van der Waals surface area contributed by atoms with Crippen LogP contribution in [0, 0.1) is 0 Å². The zero-order chi connectivity index (χ0) is 16.3. The summed E-state index contributed by atoms with van der Waals surface area (Å²) in [5, 5.41) is 3.75. The minimum Gasteiger partial charge on any atom is -0.338 e. The highest BCUT2D eigenvalue weighted by Gasteiger charge is 2.35. The molecule has 1 saturated heterocycles. The Balaban J connectivity index is 2.14. The summed E-state index contributed by atoms with van der Waals surface area (Å²) in [5.74, 6) is -0.151. The Morgan fingerprint density at radius 1 is 1.36 bits per heavy atom. The maximum absolute atomic E-state index is 12.6. The van der Waals surface area contributed by atoms with Gasteiger partial charge in [-0.15, -0.1) is 0 Å². The van der Waals surface area contributed by atoms with Gasteiger partial charge in [-0.05, 0) is 31.5 Å². The fourth-order valence-electron chi connectivity index (χ4n) is 2.42. The molecular formula is C15H19Cl2N3O2. The molecule has 120 valence electrons. The molecule has 2 rings (SSSR count). The summed E-state index contributed by atoms with van der Waals surface area (Å²) in [6.07, 6.45) is 0.856. The summed E-state index contributed by atoms with van der Waals surface area (Å²) in [6.45, 7) is 5.17. The van der Waals surface area contributed by atoms with Crippen molar-refractivity contribution in [2.75, 3.05) is 24.5 Å². The second kappa shape index (κ2) is 7.20. The van der Waals surface area contributed by atoms with E-state index in [0.29, 0.717) is 35.4 Å². The number of benzene rings is 1. The van der Waals surface area contributed by atoms with Crippen LogP contribution in [-0.2, 0) is 4.79 Å². The van der Waals surface area contributed by atoms with Crippen LogP contribution >= 0.6 is 23.2 Å². The molecule has 1 heterocycles. The van der Waals surface area contributed by atoms with E-state index in [1.165, 1.54) is 0 Å². The van der Waals surface area contributed by atoms with Gasteiger partial charge in [-0.3, -0.25) is 4.79 Å². The molecule has 1 aromatic rings. The lowest BCUT2D eigenvalue weighted by Crippen LogP contribution is -2.59. The summed E-state index contributed by atoms with van der Waals surface area (Å²) in [5.41, 5.74) is 0.622. The number of halogens is 2. The minimum atomic E-state index is -0.530. The van der Waals surface area contributed by atoms with Gasteiger partial charge in [0, 0.05) is 24.7 Å². The zero-order valence-corrected chi connectivity index (χ0v) is 14.1. The molecule has 1 fully saturated rings. The van der Waals surface area contributed by atoms with Crippen LogP contribution in [0.15, 0.2) is 18.2 Å². The number of hydrogen-bond donors (Lipinski definition) is 1. The van der Waals surface area contributed by atoms with Crippen LogP contribution in [-0.4, -0.2) is 42.5 Å². The van der Waals surface area contributed by atoms with E-state index in [-0.39, 0.29) is 11.9 Å². The highest BCUT2D eigenvalue weighted by molar-refractivity contribution is 6.36. The molecule has 0 saturated carbocycles. The first-order chi connectivity index (χ1) is 10.5. The third kappa shape index (κ3) is 3.47. The normalized spacial score (nSPS) is 18.5. The number of hydrogen-bond acceptors (Lipinski definition) is 2. The Kier molecular flexibility index (Phi) is 5.53. The van der Waals surface area contributed by atoms with Gasteiger partial charge in [-0.2, -0.15) is 0 Å². The quantitative estimate of drug-likeness (QED) is 0.916. The van der Waals surface area contributed by atoms with Crippen LogP contribution in [0.3, 0.4) is 0 Å². The fraction of sp³-hybridized carbons (Fsp3) is 0.467. The summed E-state index contributed by atoms with van der Waals surface area (Å²) in [7, 11) is 0. The van der Waals surface area contributed by atoms with Crippen molar-refractivity contribution < 1.29 is 9.59 Å². The molecule has 0 radical (unpaired) electrons. The summed E-state index contributed by atoms with van der Waals surface area (Å²) in [4.78, 5) is 27.8. The van der Waals surface area contributed by atoms with Crippen molar-refractivity contribution in [2.24, 2.45) is 0 Å². The van der Waals surface area contributed by atoms with Gasteiger partial charge >= 0.3 is 6.03 Å². The Morgan fingerprint density at radius 2 is 2.09 bits per heavy atom. The van der Waals surface area contributed by atoms with E-state index in [9.17, 15) is 9.59 Å². The van der Waals surface area contributed by atoms with E-state index in [2.05, 4.69) is 5.32 Å². The summed E-state index contributed by atoms with van der Waals surface area (Å²) < 4.78 is 0. The third-order valence-electron chi connectivity index (χ3n) is 3.64. The van der Waals surface area contributed by atoms with Crippen molar-refractivity contribution in [1.29, 1.82) is 0 Å². The first-order valence-corrected chi connectivity index (χ1v) is 8.02. The highest BCUT2D eigenvalue weighted by Crippen LogP contribution is 2.30. The van der Waals surface area contributed by atoms with Crippen LogP contribution in [0.1, 0.15) is 20.3 Å². The van der Waals surface area contributed by atoms with Gasteiger partial charge in [-0.1, -0.05) is 30.1 Å². The Morgan fingerprint density at radius 3 is 2.73 bits per heavy atom. The number of carbonyl (C=O) groups excluding carboxylic acids is 2. The minimum absolute atomic E-state index is 0.151. The van der Waals surface area contributed by atoms with E-state index in [1.54, 1.807) is 34.9 Å². The van der Waals surface area contributed by atoms with Gasteiger partial charge in [-0.25, -0.2) is 4.79 Å². The van der Waals surface area contributed by atoms with Crippen molar-refractivity contribution >= 4 is 40.8 Å². The summed E-state index contributed by atoms with van der Waals surface area (Å²) in [6, 6.07) is 4.29. The number of anilines is 1. The number of amides is 3. The van der Waals surface area contributed by atoms with Crippen molar-refractivity contribution in [2.45, 2.75) is 26.3 Å². The Bertz CT molecular complexity index is 580. The molecule has 0 spiro atoms. The number of carbonyl (C=O) groups is 2. The topological polar surface area (TPSA) is 52.7 Å². The van der Waals surface area contributed by atoms with E-state index < -0.39 is 6.04 Å². The molecule has 1 aliphatic rings. The Hall–Kier alpha value is -1.46.